The number of pyridine rings is 1. The van der Waals surface area contributed by atoms with Gasteiger partial charge in [-0.2, -0.15) is 4.98 Å². The van der Waals surface area contributed by atoms with Crippen molar-refractivity contribution >= 4 is 28.3 Å². The maximum Gasteiger partial charge on any atom is 0.318 e. The molecule has 148 valence electrons. The summed E-state index contributed by atoms with van der Waals surface area (Å²) >= 11 is 0. The molecule has 0 unspecified atom stereocenters. The normalized spacial score (nSPS) is 15.4. The number of benzene rings is 1. The van der Waals surface area contributed by atoms with Gasteiger partial charge in [0.05, 0.1) is 11.7 Å². The predicted molar refractivity (Wildman–Crippen MR) is 106 cm³/mol. The van der Waals surface area contributed by atoms with Gasteiger partial charge in [-0.05, 0) is 25.0 Å². The van der Waals surface area contributed by atoms with E-state index >= 15 is 0 Å². The van der Waals surface area contributed by atoms with Crippen molar-refractivity contribution < 1.29 is 8.81 Å². The molecule has 0 aliphatic carbocycles. The summed E-state index contributed by atoms with van der Waals surface area (Å²) in [6.07, 6.45) is 2.29. The minimum Gasteiger partial charge on any atom is -0.423 e. The molecule has 0 N–H and O–H groups in total. The van der Waals surface area contributed by atoms with Gasteiger partial charge in [0.1, 0.15) is 11.3 Å². The molecular formula is C20H18FN5O3. The van der Waals surface area contributed by atoms with Crippen molar-refractivity contribution in [3.63, 3.8) is 0 Å². The molecule has 1 saturated heterocycles. The molecule has 0 atom stereocenters. The number of hydrogen-bond acceptors (Lipinski definition) is 6. The maximum absolute atomic E-state index is 13.7. The summed E-state index contributed by atoms with van der Waals surface area (Å²) in [7, 11) is 1.45. The summed E-state index contributed by atoms with van der Waals surface area (Å²) < 4.78 is 22.1. The number of nitrogens with zero attached hydrogens (tertiary/aromatic N) is 5. The monoisotopic (exact) mass is 395 g/mol. The van der Waals surface area contributed by atoms with Gasteiger partial charge < -0.3 is 13.9 Å². The Labute approximate surface area is 163 Å². The summed E-state index contributed by atoms with van der Waals surface area (Å²) in [6, 6.07) is 9.13. The quantitative estimate of drug-likeness (QED) is 0.484. The summed E-state index contributed by atoms with van der Waals surface area (Å²) in [5, 5.41) is 0. The zero-order chi connectivity index (χ0) is 20.1. The van der Waals surface area contributed by atoms with E-state index in [-0.39, 0.29) is 6.04 Å². The van der Waals surface area contributed by atoms with Gasteiger partial charge >= 0.3 is 11.1 Å². The molecule has 4 aromatic rings. The second-order valence-corrected chi connectivity index (χ2v) is 7.22. The number of aryl methyl sites for hydroxylation is 1. The highest BCUT2D eigenvalue weighted by atomic mass is 19.1. The van der Waals surface area contributed by atoms with Crippen LogP contribution in [0.2, 0.25) is 0 Å². The Morgan fingerprint density at radius 2 is 1.90 bits per heavy atom. The van der Waals surface area contributed by atoms with E-state index in [9.17, 15) is 14.0 Å². The Bertz CT molecular complexity index is 1310. The van der Waals surface area contributed by atoms with Gasteiger partial charge in [0, 0.05) is 32.2 Å². The van der Waals surface area contributed by atoms with Crippen LogP contribution >= 0.6 is 0 Å². The summed E-state index contributed by atoms with van der Waals surface area (Å²) in [6.45, 7) is 1.23. The molecule has 1 aliphatic heterocycles. The van der Waals surface area contributed by atoms with E-state index < -0.39 is 16.9 Å². The molecule has 0 radical (unpaired) electrons. The van der Waals surface area contributed by atoms with Crippen LogP contribution in [0.3, 0.4) is 0 Å². The van der Waals surface area contributed by atoms with Gasteiger partial charge in [0.15, 0.2) is 11.2 Å². The van der Waals surface area contributed by atoms with Crippen molar-refractivity contribution in [1.29, 1.82) is 0 Å². The molecule has 5 rings (SSSR count). The van der Waals surface area contributed by atoms with E-state index in [0.717, 1.165) is 21.9 Å². The Hall–Kier alpha value is -3.49. The highest BCUT2D eigenvalue weighted by Gasteiger charge is 2.27. The molecule has 1 aliphatic rings. The molecule has 0 spiro atoms. The fourth-order valence-corrected chi connectivity index (χ4v) is 3.96. The summed E-state index contributed by atoms with van der Waals surface area (Å²) in [5.41, 5.74) is 0.815. The first-order chi connectivity index (χ1) is 14.0. The zero-order valence-corrected chi connectivity index (χ0v) is 15.7. The van der Waals surface area contributed by atoms with Crippen LogP contribution in [0, 0.1) is 5.82 Å². The lowest BCUT2D eigenvalue weighted by atomic mass is 10.0. The van der Waals surface area contributed by atoms with E-state index in [1.165, 1.54) is 17.7 Å². The molecule has 3 aromatic heterocycles. The SMILES string of the molecule is Cn1c(=O)c(=O)n(C2CCN(c3nc4ccccc4o3)CC2)c2ncc(F)cc21. The number of rotatable bonds is 2. The molecule has 8 nitrogen and oxygen atoms in total. The number of anilines is 1. The Morgan fingerprint density at radius 1 is 1.14 bits per heavy atom. The van der Waals surface area contributed by atoms with Crippen molar-refractivity contribution in [2.45, 2.75) is 18.9 Å². The van der Waals surface area contributed by atoms with Gasteiger partial charge in [0.2, 0.25) is 0 Å². The first kappa shape index (κ1) is 17.6. The number of para-hydroxylation sites is 2. The minimum atomic E-state index is -0.689. The van der Waals surface area contributed by atoms with Crippen LogP contribution in [0.25, 0.3) is 22.3 Å². The predicted octanol–water partition coefficient (Wildman–Crippen LogP) is 2.22. The molecule has 9 heteroatoms. The average Bonchev–Trinajstić information content (AvgIpc) is 3.17. The fraction of sp³-hybridized carbons (Fsp3) is 0.300. The largest absolute Gasteiger partial charge is 0.423 e. The van der Waals surface area contributed by atoms with Gasteiger partial charge in [-0.15, -0.1) is 0 Å². The number of aromatic nitrogens is 4. The highest BCUT2D eigenvalue weighted by molar-refractivity contribution is 5.74. The summed E-state index contributed by atoms with van der Waals surface area (Å²) in [4.78, 5) is 35.7. The van der Waals surface area contributed by atoms with Crippen molar-refractivity contribution in [3.8, 4) is 0 Å². The van der Waals surface area contributed by atoms with Crippen molar-refractivity contribution in [2.24, 2.45) is 7.05 Å². The lowest BCUT2D eigenvalue weighted by molar-refractivity contribution is 0.379. The van der Waals surface area contributed by atoms with E-state index in [1.807, 2.05) is 29.2 Å². The number of oxazole rings is 1. The molecule has 1 fully saturated rings. The number of piperidine rings is 1. The van der Waals surface area contributed by atoms with Crippen LogP contribution in [0.5, 0.6) is 0 Å². The highest BCUT2D eigenvalue weighted by Crippen LogP contribution is 2.28. The molecule has 0 saturated carbocycles. The fourth-order valence-electron chi connectivity index (χ4n) is 3.96. The van der Waals surface area contributed by atoms with Crippen molar-refractivity contribution in [2.75, 3.05) is 18.0 Å². The number of fused-ring (bicyclic) bond motifs is 2. The lowest BCUT2D eigenvalue weighted by Gasteiger charge is -2.32. The van der Waals surface area contributed by atoms with Crippen LogP contribution in [0.1, 0.15) is 18.9 Å². The standard InChI is InChI=1S/C20H18FN5O3/c1-24-15-10-12(21)11-22-17(15)26(19(28)18(24)27)13-6-8-25(9-7-13)20-23-14-4-2-3-5-16(14)29-20/h2-5,10-11,13H,6-9H2,1H3. The lowest BCUT2D eigenvalue weighted by Crippen LogP contribution is -2.45. The molecule has 4 heterocycles. The van der Waals surface area contributed by atoms with Gasteiger partial charge in [-0.1, -0.05) is 12.1 Å². The third kappa shape index (κ3) is 2.81. The average molecular weight is 395 g/mol. The van der Waals surface area contributed by atoms with Crippen LogP contribution < -0.4 is 16.0 Å². The third-order valence-corrected chi connectivity index (χ3v) is 5.49. The van der Waals surface area contributed by atoms with Crippen LogP contribution in [0.15, 0.2) is 50.5 Å². The third-order valence-electron chi connectivity index (χ3n) is 5.49. The number of halogens is 1. The molecule has 1 aromatic carbocycles. The zero-order valence-electron chi connectivity index (χ0n) is 15.7. The molecule has 29 heavy (non-hydrogen) atoms. The van der Waals surface area contributed by atoms with Crippen molar-refractivity contribution in [3.05, 3.63) is 63.1 Å². The molecule has 0 amide bonds. The van der Waals surface area contributed by atoms with Gasteiger partial charge in [-0.25, -0.2) is 9.37 Å². The van der Waals surface area contributed by atoms with E-state index in [1.54, 1.807) is 0 Å². The van der Waals surface area contributed by atoms with Gasteiger partial charge in [-0.3, -0.25) is 14.2 Å². The van der Waals surface area contributed by atoms with E-state index in [4.69, 9.17) is 4.42 Å². The first-order valence-electron chi connectivity index (χ1n) is 9.40. The Balaban J connectivity index is 1.48. The smallest absolute Gasteiger partial charge is 0.318 e. The van der Waals surface area contributed by atoms with E-state index in [0.29, 0.717) is 43.1 Å². The topological polar surface area (TPSA) is 86.2 Å². The first-order valence-corrected chi connectivity index (χ1v) is 9.40. The summed E-state index contributed by atoms with van der Waals surface area (Å²) in [5.74, 6) is -0.552. The Morgan fingerprint density at radius 3 is 2.66 bits per heavy atom. The maximum atomic E-state index is 13.7. The molecular weight excluding hydrogens is 377 g/mol. The van der Waals surface area contributed by atoms with Crippen LogP contribution in [0.4, 0.5) is 10.4 Å². The molecule has 0 bridgehead atoms. The second-order valence-electron chi connectivity index (χ2n) is 7.22. The second kappa shape index (κ2) is 6.54. The van der Waals surface area contributed by atoms with Crippen LogP contribution in [-0.4, -0.2) is 32.2 Å². The van der Waals surface area contributed by atoms with Gasteiger partial charge in [0.25, 0.3) is 6.01 Å². The van der Waals surface area contributed by atoms with Crippen molar-refractivity contribution in [1.82, 2.24) is 19.1 Å². The van der Waals surface area contributed by atoms with E-state index in [2.05, 4.69) is 9.97 Å². The minimum absolute atomic E-state index is 0.211. The number of hydrogen-bond donors (Lipinski definition) is 0. The van der Waals surface area contributed by atoms with Crippen LogP contribution in [-0.2, 0) is 7.05 Å². The Kier molecular flexibility index (Phi) is 3.97.